The van der Waals surface area contributed by atoms with Gasteiger partial charge >= 0.3 is 0 Å². The van der Waals surface area contributed by atoms with Gasteiger partial charge in [-0.3, -0.25) is 0 Å². The second-order valence-electron chi connectivity index (χ2n) is 6.33. The molecule has 120 valence electrons. The number of benzene rings is 1. The van der Waals surface area contributed by atoms with Crippen molar-refractivity contribution in [2.75, 3.05) is 13.6 Å². The zero-order chi connectivity index (χ0) is 15.9. The number of rotatable bonds is 4. The molecule has 1 saturated heterocycles. The summed E-state index contributed by atoms with van der Waals surface area (Å²) < 4.78 is 23.2. The summed E-state index contributed by atoms with van der Waals surface area (Å²) in [4.78, 5) is 5.68. The number of aromatic nitrogens is 1. The molecule has 3 N–H and O–H groups in total. The maximum absolute atomic E-state index is 11.6. The van der Waals surface area contributed by atoms with Crippen LogP contribution in [0.5, 0.6) is 0 Å². The molecule has 0 aliphatic carbocycles. The van der Waals surface area contributed by atoms with E-state index < -0.39 is 15.3 Å². The van der Waals surface area contributed by atoms with Crippen molar-refractivity contribution in [1.82, 2.24) is 9.88 Å². The highest BCUT2D eigenvalue weighted by molar-refractivity contribution is 7.89. The molecular formula is C16H23N3O2S. The number of aromatic amines is 1. The number of nitrogens with one attached hydrogen (secondary N) is 1. The lowest BCUT2D eigenvalue weighted by molar-refractivity contribution is 0.310. The summed E-state index contributed by atoms with van der Waals surface area (Å²) in [6.45, 7) is 2.79. The largest absolute Gasteiger partial charge is 0.361 e. The first kappa shape index (κ1) is 15.5. The van der Waals surface area contributed by atoms with Gasteiger partial charge in [0, 0.05) is 23.1 Å². The Hall–Kier alpha value is -1.37. The van der Waals surface area contributed by atoms with Crippen molar-refractivity contribution in [2.45, 2.75) is 37.5 Å². The summed E-state index contributed by atoms with van der Waals surface area (Å²) >= 11 is 0. The van der Waals surface area contributed by atoms with Crippen molar-refractivity contribution in [2.24, 2.45) is 5.14 Å². The summed E-state index contributed by atoms with van der Waals surface area (Å²) in [5.41, 5.74) is 3.04. The molecule has 5 nitrogen and oxygen atoms in total. The number of hydrogen-bond acceptors (Lipinski definition) is 3. The molecule has 22 heavy (non-hydrogen) atoms. The molecule has 0 radical (unpaired) electrons. The van der Waals surface area contributed by atoms with E-state index in [2.05, 4.69) is 16.9 Å². The molecule has 1 fully saturated rings. The molecule has 2 atom stereocenters. The van der Waals surface area contributed by atoms with Crippen molar-refractivity contribution < 1.29 is 8.42 Å². The third kappa shape index (κ3) is 2.91. The van der Waals surface area contributed by atoms with E-state index in [9.17, 15) is 8.42 Å². The molecule has 0 spiro atoms. The van der Waals surface area contributed by atoms with Gasteiger partial charge in [-0.15, -0.1) is 0 Å². The average molecular weight is 321 g/mol. The number of fused-ring (bicyclic) bond motifs is 1. The Morgan fingerprint density at radius 1 is 1.45 bits per heavy atom. The highest BCUT2D eigenvalue weighted by atomic mass is 32.2. The maximum Gasteiger partial charge on any atom is 0.215 e. The van der Waals surface area contributed by atoms with Gasteiger partial charge in [0.05, 0.1) is 5.25 Å². The van der Waals surface area contributed by atoms with Crippen LogP contribution in [-0.2, 0) is 16.4 Å². The zero-order valence-corrected chi connectivity index (χ0v) is 13.9. The van der Waals surface area contributed by atoms with Crippen molar-refractivity contribution in [3.63, 3.8) is 0 Å². The number of nitrogens with zero attached hydrogens (tertiary/aromatic N) is 1. The van der Waals surface area contributed by atoms with Gasteiger partial charge in [0.1, 0.15) is 0 Å². The minimum absolute atomic E-state index is 0.568. The van der Waals surface area contributed by atoms with E-state index in [1.54, 1.807) is 6.92 Å². The molecule has 1 aromatic carbocycles. The van der Waals surface area contributed by atoms with Crippen molar-refractivity contribution >= 4 is 20.9 Å². The number of nitrogens with two attached hydrogens (primary N) is 1. The second kappa shape index (κ2) is 5.68. The van der Waals surface area contributed by atoms with Gasteiger partial charge in [-0.1, -0.05) is 6.07 Å². The van der Waals surface area contributed by atoms with E-state index in [0.717, 1.165) is 29.4 Å². The Morgan fingerprint density at radius 2 is 2.23 bits per heavy atom. The number of H-pyrrole nitrogens is 1. The first-order valence-corrected chi connectivity index (χ1v) is 9.29. The van der Waals surface area contributed by atoms with Crippen LogP contribution in [-0.4, -0.2) is 37.9 Å². The lowest BCUT2D eigenvalue weighted by Gasteiger charge is -2.19. The molecule has 1 unspecified atom stereocenters. The van der Waals surface area contributed by atoms with E-state index in [1.165, 1.54) is 18.4 Å². The minimum atomic E-state index is -3.57. The van der Waals surface area contributed by atoms with Gasteiger partial charge in [0.25, 0.3) is 0 Å². The maximum atomic E-state index is 11.6. The molecule has 6 heteroatoms. The van der Waals surface area contributed by atoms with Crippen LogP contribution < -0.4 is 5.14 Å². The van der Waals surface area contributed by atoms with Crippen LogP contribution in [0.1, 0.15) is 36.1 Å². The van der Waals surface area contributed by atoms with Gasteiger partial charge < -0.3 is 9.88 Å². The molecular weight excluding hydrogens is 298 g/mol. The van der Waals surface area contributed by atoms with Crippen molar-refractivity contribution in [1.29, 1.82) is 0 Å². The van der Waals surface area contributed by atoms with Crippen LogP contribution in [0, 0.1) is 0 Å². The molecule has 1 aliphatic rings. The zero-order valence-electron chi connectivity index (χ0n) is 13.0. The number of primary sulfonamides is 1. The Balaban J connectivity index is 1.95. The summed E-state index contributed by atoms with van der Waals surface area (Å²) in [6, 6.07) is 6.30. The average Bonchev–Trinajstić information content (AvgIpc) is 3.04. The van der Waals surface area contributed by atoms with Gasteiger partial charge in [-0.25, -0.2) is 13.6 Å². The molecule has 0 saturated carbocycles. The van der Waals surface area contributed by atoms with Crippen LogP contribution in [0.15, 0.2) is 24.4 Å². The standard InChI is InChI=1S/C16H23N3O2S/c1-11(22(17,20)21)12-5-6-16-15(9-12)13(10-18-16)8-14-4-3-7-19(14)2/h5-6,9-11,14,18H,3-4,7-8H2,1-2H3,(H2,17,20,21)/t11-,14?/m1/s1. The molecule has 3 rings (SSSR count). The Labute approximate surface area is 131 Å². The third-order valence-corrected chi connectivity index (χ3v) is 6.14. The van der Waals surface area contributed by atoms with E-state index >= 15 is 0 Å². The van der Waals surface area contributed by atoms with Gasteiger partial charge in [0.2, 0.25) is 10.0 Å². The fourth-order valence-electron chi connectivity index (χ4n) is 3.30. The second-order valence-corrected chi connectivity index (χ2v) is 8.22. The summed E-state index contributed by atoms with van der Waals surface area (Å²) in [7, 11) is -1.40. The van der Waals surface area contributed by atoms with E-state index in [0.29, 0.717) is 6.04 Å². The fraction of sp³-hybridized carbons (Fsp3) is 0.500. The number of sulfonamides is 1. The first-order valence-electron chi connectivity index (χ1n) is 7.68. The molecule has 0 amide bonds. The third-order valence-electron chi connectivity index (χ3n) is 4.88. The Morgan fingerprint density at radius 3 is 2.86 bits per heavy atom. The highest BCUT2D eigenvalue weighted by Crippen LogP contribution is 2.28. The number of likely N-dealkylation sites (N-methyl/N-ethyl adjacent to an activating group) is 1. The lowest BCUT2D eigenvalue weighted by atomic mass is 10.0. The lowest BCUT2D eigenvalue weighted by Crippen LogP contribution is -2.26. The van der Waals surface area contributed by atoms with E-state index in [4.69, 9.17) is 5.14 Å². The minimum Gasteiger partial charge on any atom is -0.361 e. The molecule has 0 bridgehead atoms. The van der Waals surface area contributed by atoms with Crippen LogP contribution in [0.4, 0.5) is 0 Å². The van der Waals surface area contributed by atoms with Gasteiger partial charge in [-0.2, -0.15) is 0 Å². The number of hydrogen-bond donors (Lipinski definition) is 2. The molecule has 1 aliphatic heterocycles. The summed E-state index contributed by atoms with van der Waals surface area (Å²) in [5.74, 6) is 0. The normalized spacial score (nSPS) is 21.5. The van der Waals surface area contributed by atoms with Crippen molar-refractivity contribution in [3.8, 4) is 0 Å². The smallest absolute Gasteiger partial charge is 0.215 e. The van der Waals surface area contributed by atoms with Crippen LogP contribution in [0.2, 0.25) is 0 Å². The highest BCUT2D eigenvalue weighted by Gasteiger charge is 2.23. The predicted molar refractivity (Wildman–Crippen MR) is 89.2 cm³/mol. The Bertz CT molecular complexity index is 782. The number of likely N-dealkylation sites (tertiary alicyclic amines) is 1. The quantitative estimate of drug-likeness (QED) is 0.905. The molecule has 2 aromatic rings. The van der Waals surface area contributed by atoms with Gasteiger partial charge in [-0.05, 0) is 63.0 Å². The summed E-state index contributed by atoms with van der Waals surface area (Å²) in [5, 5.41) is 5.70. The monoisotopic (exact) mass is 321 g/mol. The fourth-order valence-corrected chi connectivity index (χ4v) is 3.82. The van der Waals surface area contributed by atoms with Crippen LogP contribution in [0.25, 0.3) is 10.9 Å². The Kier molecular flexibility index (Phi) is 4.01. The SMILES string of the molecule is C[C@H](c1ccc2[nH]cc(CC3CCCN3C)c2c1)S(N)(=O)=O. The van der Waals surface area contributed by atoms with Crippen LogP contribution >= 0.6 is 0 Å². The summed E-state index contributed by atoms with van der Waals surface area (Å²) in [6.07, 6.45) is 5.50. The molecule has 1 aromatic heterocycles. The topological polar surface area (TPSA) is 79.2 Å². The van der Waals surface area contributed by atoms with E-state index in [1.807, 2.05) is 24.4 Å². The first-order chi connectivity index (χ1) is 10.4. The molecule has 2 heterocycles. The van der Waals surface area contributed by atoms with Crippen molar-refractivity contribution in [3.05, 3.63) is 35.5 Å². The van der Waals surface area contributed by atoms with Crippen LogP contribution in [0.3, 0.4) is 0 Å². The predicted octanol–water partition coefficient (Wildman–Crippen LogP) is 2.15. The van der Waals surface area contributed by atoms with E-state index in [-0.39, 0.29) is 0 Å². The van der Waals surface area contributed by atoms with Gasteiger partial charge in [0.15, 0.2) is 0 Å².